The van der Waals surface area contributed by atoms with E-state index in [0.29, 0.717) is 6.04 Å². The molecule has 0 spiro atoms. The third-order valence-corrected chi connectivity index (χ3v) is 4.74. The van der Waals surface area contributed by atoms with Gasteiger partial charge in [-0.1, -0.05) is 30.7 Å². The van der Waals surface area contributed by atoms with E-state index in [1.54, 1.807) is 5.56 Å². The summed E-state index contributed by atoms with van der Waals surface area (Å²) in [4.78, 5) is 2.60. The van der Waals surface area contributed by atoms with Crippen molar-refractivity contribution in [3.05, 3.63) is 35.4 Å². The lowest BCUT2D eigenvalue weighted by molar-refractivity contribution is 0.230. The van der Waals surface area contributed by atoms with Gasteiger partial charge in [0.05, 0.1) is 0 Å². The Bertz CT molecular complexity index is 402. The smallest absolute Gasteiger partial charge is 0.0236 e. The summed E-state index contributed by atoms with van der Waals surface area (Å²) in [6.07, 6.45) is 6.45. The molecule has 2 unspecified atom stereocenters. The van der Waals surface area contributed by atoms with Crippen LogP contribution in [0, 0.1) is 5.92 Å². The second-order valence-corrected chi connectivity index (χ2v) is 5.94. The summed E-state index contributed by atoms with van der Waals surface area (Å²) < 4.78 is 0. The molecule has 1 aliphatic heterocycles. The lowest BCUT2D eigenvalue weighted by Crippen LogP contribution is -2.34. The van der Waals surface area contributed by atoms with Gasteiger partial charge in [-0.05, 0) is 49.3 Å². The number of fused-ring (bicyclic) bond motifs is 1. The van der Waals surface area contributed by atoms with Gasteiger partial charge in [0.1, 0.15) is 0 Å². The molecule has 0 bridgehead atoms. The fourth-order valence-corrected chi connectivity index (χ4v) is 3.52. The summed E-state index contributed by atoms with van der Waals surface area (Å²) in [6, 6.07) is 9.35. The molecule has 18 heavy (non-hydrogen) atoms. The molecule has 0 aromatic heterocycles. The topological polar surface area (TPSA) is 29.3 Å². The van der Waals surface area contributed by atoms with Gasteiger partial charge in [-0.2, -0.15) is 0 Å². The first-order valence-corrected chi connectivity index (χ1v) is 7.37. The van der Waals surface area contributed by atoms with Crippen LogP contribution in [0.25, 0.3) is 0 Å². The molecular formula is C16H24N2. The molecule has 0 saturated heterocycles. The van der Waals surface area contributed by atoms with E-state index in [1.165, 1.54) is 50.8 Å². The Morgan fingerprint density at radius 2 is 2.00 bits per heavy atom. The Labute approximate surface area is 110 Å². The number of benzene rings is 1. The first-order valence-electron chi connectivity index (χ1n) is 7.37. The molecule has 2 aliphatic rings. The molecule has 1 aromatic carbocycles. The summed E-state index contributed by atoms with van der Waals surface area (Å²) in [5, 5.41) is 0. The SMILES string of the molecule is NC1CCCC1CCN1CCc2ccccc2C1. The van der Waals surface area contributed by atoms with Crippen LogP contribution in [-0.2, 0) is 13.0 Å². The molecule has 0 amide bonds. The fraction of sp³-hybridized carbons (Fsp3) is 0.625. The van der Waals surface area contributed by atoms with Crippen molar-refractivity contribution < 1.29 is 0 Å². The van der Waals surface area contributed by atoms with Crippen molar-refractivity contribution in [1.29, 1.82) is 0 Å². The van der Waals surface area contributed by atoms with Crippen LogP contribution >= 0.6 is 0 Å². The summed E-state index contributed by atoms with van der Waals surface area (Å²) in [5.74, 6) is 0.780. The van der Waals surface area contributed by atoms with Gasteiger partial charge in [0.2, 0.25) is 0 Å². The van der Waals surface area contributed by atoms with E-state index in [2.05, 4.69) is 29.2 Å². The molecule has 2 heteroatoms. The standard InChI is InChI=1S/C16H24N2/c17-16-7-3-6-14(16)9-11-18-10-8-13-4-1-2-5-15(13)12-18/h1-2,4-5,14,16H,3,6-12,17H2. The lowest BCUT2D eigenvalue weighted by Gasteiger charge is -2.30. The second-order valence-electron chi connectivity index (χ2n) is 5.94. The van der Waals surface area contributed by atoms with Crippen molar-refractivity contribution in [2.45, 2.75) is 44.7 Å². The number of nitrogens with two attached hydrogens (primary N) is 1. The Hall–Kier alpha value is -0.860. The molecule has 1 heterocycles. The first-order chi connectivity index (χ1) is 8.83. The molecule has 1 saturated carbocycles. The number of hydrogen-bond donors (Lipinski definition) is 1. The van der Waals surface area contributed by atoms with E-state index in [4.69, 9.17) is 5.73 Å². The average molecular weight is 244 g/mol. The molecule has 2 atom stereocenters. The fourth-order valence-electron chi connectivity index (χ4n) is 3.52. The van der Waals surface area contributed by atoms with Crippen LogP contribution in [0.2, 0.25) is 0 Å². The molecule has 0 radical (unpaired) electrons. The van der Waals surface area contributed by atoms with Crippen molar-refractivity contribution >= 4 is 0 Å². The third-order valence-electron chi connectivity index (χ3n) is 4.74. The predicted molar refractivity (Wildman–Crippen MR) is 75.4 cm³/mol. The zero-order valence-corrected chi connectivity index (χ0v) is 11.1. The maximum atomic E-state index is 6.15. The zero-order chi connectivity index (χ0) is 12.4. The van der Waals surface area contributed by atoms with E-state index in [0.717, 1.165) is 12.5 Å². The van der Waals surface area contributed by atoms with Crippen LogP contribution in [-0.4, -0.2) is 24.0 Å². The first kappa shape index (κ1) is 12.2. The summed E-state index contributed by atoms with van der Waals surface area (Å²) in [6.45, 7) is 3.59. The van der Waals surface area contributed by atoms with Crippen LogP contribution < -0.4 is 5.73 Å². The number of nitrogens with zero attached hydrogens (tertiary/aromatic N) is 1. The summed E-state index contributed by atoms with van der Waals surface area (Å²) in [7, 11) is 0. The van der Waals surface area contributed by atoms with Crippen molar-refractivity contribution in [3.63, 3.8) is 0 Å². The Morgan fingerprint density at radius 3 is 2.78 bits per heavy atom. The molecule has 1 fully saturated rings. The van der Waals surface area contributed by atoms with Crippen molar-refractivity contribution in [2.24, 2.45) is 11.7 Å². The maximum Gasteiger partial charge on any atom is 0.0236 e. The molecule has 98 valence electrons. The van der Waals surface area contributed by atoms with Gasteiger partial charge in [-0.3, -0.25) is 4.90 Å². The largest absolute Gasteiger partial charge is 0.327 e. The van der Waals surface area contributed by atoms with Crippen molar-refractivity contribution in [3.8, 4) is 0 Å². The van der Waals surface area contributed by atoms with E-state index in [9.17, 15) is 0 Å². The van der Waals surface area contributed by atoms with Gasteiger partial charge in [-0.15, -0.1) is 0 Å². The van der Waals surface area contributed by atoms with Gasteiger partial charge in [0.25, 0.3) is 0 Å². The van der Waals surface area contributed by atoms with E-state index in [-0.39, 0.29) is 0 Å². The van der Waals surface area contributed by atoms with E-state index >= 15 is 0 Å². The predicted octanol–water partition coefficient (Wildman–Crippen LogP) is 2.56. The van der Waals surface area contributed by atoms with Gasteiger partial charge >= 0.3 is 0 Å². The number of rotatable bonds is 3. The minimum Gasteiger partial charge on any atom is -0.327 e. The minimum atomic E-state index is 0.474. The van der Waals surface area contributed by atoms with Gasteiger partial charge in [0, 0.05) is 19.1 Å². The Kier molecular flexibility index (Phi) is 3.67. The average Bonchev–Trinajstić information content (AvgIpc) is 2.82. The summed E-state index contributed by atoms with van der Waals surface area (Å²) >= 11 is 0. The highest BCUT2D eigenvalue weighted by atomic mass is 15.1. The molecule has 2 nitrogen and oxygen atoms in total. The van der Waals surface area contributed by atoms with Crippen LogP contribution in [0.3, 0.4) is 0 Å². The number of hydrogen-bond acceptors (Lipinski definition) is 2. The van der Waals surface area contributed by atoms with Gasteiger partial charge in [0.15, 0.2) is 0 Å². The van der Waals surface area contributed by atoms with E-state index < -0.39 is 0 Å². The molecule has 2 N–H and O–H groups in total. The highest BCUT2D eigenvalue weighted by molar-refractivity contribution is 5.28. The highest BCUT2D eigenvalue weighted by Gasteiger charge is 2.24. The molecule has 1 aliphatic carbocycles. The van der Waals surface area contributed by atoms with E-state index in [1.807, 2.05) is 0 Å². The Morgan fingerprint density at radius 1 is 1.17 bits per heavy atom. The maximum absolute atomic E-state index is 6.15. The molecule has 3 rings (SSSR count). The highest BCUT2D eigenvalue weighted by Crippen LogP contribution is 2.27. The molecular weight excluding hydrogens is 220 g/mol. The zero-order valence-electron chi connectivity index (χ0n) is 11.1. The molecule has 1 aromatic rings. The monoisotopic (exact) mass is 244 g/mol. The van der Waals surface area contributed by atoms with Gasteiger partial charge < -0.3 is 5.73 Å². The third kappa shape index (κ3) is 2.60. The van der Waals surface area contributed by atoms with Gasteiger partial charge in [-0.25, -0.2) is 0 Å². The van der Waals surface area contributed by atoms with Crippen molar-refractivity contribution in [2.75, 3.05) is 13.1 Å². The quantitative estimate of drug-likeness (QED) is 0.885. The normalized spacial score (nSPS) is 28.3. The second kappa shape index (κ2) is 5.41. The van der Waals surface area contributed by atoms with Crippen molar-refractivity contribution in [1.82, 2.24) is 4.90 Å². The van der Waals surface area contributed by atoms with Crippen LogP contribution in [0.4, 0.5) is 0 Å². The minimum absolute atomic E-state index is 0.474. The summed E-state index contributed by atoms with van der Waals surface area (Å²) in [5.41, 5.74) is 9.23. The van der Waals surface area contributed by atoms with Crippen LogP contribution in [0.15, 0.2) is 24.3 Å². The lowest BCUT2D eigenvalue weighted by atomic mass is 9.97. The Balaban J connectivity index is 1.53. The van der Waals surface area contributed by atoms with Crippen LogP contribution in [0.5, 0.6) is 0 Å². The van der Waals surface area contributed by atoms with Crippen LogP contribution in [0.1, 0.15) is 36.8 Å².